The van der Waals surface area contributed by atoms with Crippen molar-refractivity contribution in [3.05, 3.63) is 42.5 Å². The van der Waals surface area contributed by atoms with Crippen molar-refractivity contribution in [2.45, 2.75) is 0 Å². The van der Waals surface area contributed by atoms with E-state index >= 15 is 0 Å². The molecule has 0 amide bonds. The van der Waals surface area contributed by atoms with Crippen LogP contribution >= 0.6 is 0 Å². The van der Waals surface area contributed by atoms with E-state index in [0.717, 1.165) is 29.1 Å². The molecular weight excluding hydrogens is 214 g/mol. The molecule has 17 heavy (non-hydrogen) atoms. The normalized spacial score (nSPS) is 13.4. The average molecular weight is 227 g/mol. The van der Waals surface area contributed by atoms with Crippen LogP contribution in [0.1, 0.15) is 0 Å². The van der Waals surface area contributed by atoms with Crippen LogP contribution in [-0.4, -0.2) is 18.3 Å². The van der Waals surface area contributed by atoms with Crippen LogP contribution in [0, 0.1) is 0 Å². The van der Waals surface area contributed by atoms with Crippen molar-refractivity contribution < 1.29 is 9.84 Å². The fourth-order valence-corrected chi connectivity index (χ4v) is 1.97. The molecule has 86 valence electrons. The Hall–Kier alpha value is -2.16. The van der Waals surface area contributed by atoms with Crippen LogP contribution in [0.15, 0.2) is 42.5 Å². The number of hydrogen-bond acceptors (Lipinski definition) is 3. The number of hydrogen-bond donors (Lipinski definition) is 2. The van der Waals surface area contributed by atoms with Crippen molar-refractivity contribution in [3.63, 3.8) is 0 Å². The highest BCUT2D eigenvalue weighted by molar-refractivity contribution is 5.72. The highest BCUT2D eigenvalue weighted by Gasteiger charge is 2.10. The maximum Gasteiger partial charge on any atom is 0.142 e. The summed E-state index contributed by atoms with van der Waals surface area (Å²) in [6.07, 6.45) is 0. The van der Waals surface area contributed by atoms with Crippen molar-refractivity contribution in [1.29, 1.82) is 0 Å². The van der Waals surface area contributed by atoms with Gasteiger partial charge in [-0.25, -0.2) is 0 Å². The SMILES string of the molecule is Oc1ccc(-c2ccc3c(c2)NCCO3)cc1. The molecule has 0 unspecified atom stereocenters. The Kier molecular flexibility index (Phi) is 2.37. The zero-order chi connectivity index (χ0) is 11.7. The standard InChI is InChI=1S/C14H13NO2/c16-12-4-1-10(2-5-12)11-3-6-14-13(9-11)15-7-8-17-14/h1-6,9,15-16H,7-8H2. The van der Waals surface area contributed by atoms with Crippen LogP contribution < -0.4 is 10.1 Å². The van der Waals surface area contributed by atoms with Crippen LogP contribution in [0.2, 0.25) is 0 Å². The van der Waals surface area contributed by atoms with Gasteiger partial charge in [0.15, 0.2) is 0 Å². The lowest BCUT2D eigenvalue weighted by molar-refractivity contribution is 0.323. The number of rotatable bonds is 1. The first kappa shape index (κ1) is 10.0. The predicted octanol–water partition coefficient (Wildman–Crippen LogP) is 2.86. The van der Waals surface area contributed by atoms with Gasteiger partial charge in [0.1, 0.15) is 18.1 Å². The molecular formula is C14H13NO2. The number of ether oxygens (including phenoxy) is 1. The highest BCUT2D eigenvalue weighted by Crippen LogP contribution is 2.32. The molecule has 0 spiro atoms. The van der Waals surface area contributed by atoms with Gasteiger partial charge in [-0.15, -0.1) is 0 Å². The summed E-state index contributed by atoms with van der Waals surface area (Å²) < 4.78 is 5.53. The molecule has 3 heteroatoms. The number of fused-ring (bicyclic) bond motifs is 1. The molecule has 3 nitrogen and oxygen atoms in total. The Morgan fingerprint density at radius 1 is 1.00 bits per heavy atom. The smallest absolute Gasteiger partial charge is 0.142 e. The summed E-state index contributed by atoms with van der Waals surface area (Å²) in [5.41, 5.74) is 3.22. The lowest BCUT2D eigenvalue weighted by Crippen LogP contribution is -2.17. The van der Waals surface area contributed by atoms with Gasteiger partial charge in [-0.1, -0.05) is 18.2 Å². The highest BCUT2D eigenvalue weighted by atomic mass is 16.5. The van der Waals surface area contributed by atoms with Crippen molar-refractivity contribution in [2.24, 2.45) is 0 Å². The summed E-state index contributed by atoms with van der Waals surface area (Å²) in [5.74, 6) is 1.19. The summed E-state index contributed by atoms with van der Waals surface area (Å²) in [7, 11) is 0. The van der Waals surface area contributed by atoms with E-state index in [0.29, 0.717) is 6.61 Å². The Labute approximate surface area is 99.7 Å². The average Bonchev–Trinajstić information content (AvgIpc) is 2.39. The van der Waals surface area contributed by atoms with E-state index in [1.54, 1.807) is 12.1 Å². The zero-order valence-corrected chi connectivity index (χ0v) is 9.31. The second-order valence-electron chi connectivity index (χ2n) is 4.03. The van der Waals surface area contributed by atoms with Gasteiger partial charge in [-0.05, 0) is 35.4 Å². The number of aromatic hydroxyl groups is 1. The van der Waals surface area contributed by atoms with Gasteiger partial charge < -0.3 is 15.2 Å². The molecule has 0 saturated carbocycles. The maximum atomic E-state index is 9.26. The predicted molar refractivity (Wildman–Crippen MR) is 67.5 cm³/mol. The van der Waals surface area contributed by atoms with Crippen molar-refractivity contribution in [1.82, 2.24) is 0 Å². The molecule has 2 aromatic rings. The second kappa shape index (κ2) is 4.01. The molecule has 2 aromatic carbocycles. The molecule has 0 saturated heterocycles. The monoisotopic (exact) mass is 227 g/mol. The summed E-state index contributed by atoms with van der Waals surface area (Å²) in [4.78, 5) is 0. The number of phenols is 1. The fourth-order valence-electron chi connectivity index (χ4n) is 1.97. The third-order valence-corrected chi connectivity index (χ3v) is 2.86. The lowest BCUT2D eigenvalue weighted by Gasteiger charge is -2.19. The minimum Gasteiger partial charge on any atom is -0.508 e. The largest absolute Gasteiger partial charge is 0.508 e. The number of nitrogens with one attached hydrogen (secondary N) is 1. The van der Waals surface area contributed by atoms with E-state index in [9.17, 15) is 5.11 Å². The summed E-state index contributed by atoms with van der Waals surface area (Å²) in [6.45, 7) is 1.55. The van der Waals surface area contributed by atoms with E-state index in [1.165, 1.54) is 0 Å². The Balaban J connectivity index is 2.01. The zero-order valence-electron chi connectivity index (χ0n) is 9.31. The van der Waals surface area contributed by atoms with Gasteiger partial charge in [0, 0.05) is 6.54 Å². The number of benzene rings is 2. The second-order valence-corrected chi connectivity index (χ2v) is 4.03. The molecule has 0 atom stereocenters. The van der Waals surface area contributed by atoms with Gasteiger partial charge in [0.05, 0.1) is 5.69 Å². The van der Waals surface area contributed by atoms with Crippen LogP contribution in [0.3, 0.4) is 0 Å². The molecule has 1 heterocycles. The number of phenolic OH excluding ortho intramolecular Hbond substituents is 1. The Morgan fingerprint density at radius 2 is 1.76 bits per heavy atom. The Bertz CT molecular complexity index is 534. The summed E-state index contributed by atoms with van der Waals surface area (Å²) in [6, 6.07) is 13.3. The van der Waals surface area contributed by atoms with Gasteiger partial charge in [-0.2, -0.15) is 0 Å². The van der Waals surface area contributed by atoms with Crippen LogP contribution in [0.25, 0.3) is 11.1 Å². The number of anilines is 1. The molecule has 2 N–H and O–H groups in total. The third-order valence-electron chi connectivity index (χ3n) is 2.86. The fraction of sp³-hybridized carbons (Fsp3) is 0.143. The van der Waals surface area contributed by atoms with Gasteiger partial charge in [-0.3, -0.25) is 0 Å². The summed E-state index contributed by atoms with van der Waals surface area (Å²) in [5, 5.41) is 12.6. The van der Waals surface area contributed by atoms with E-state index in [1.807, 2.05) is 24.3 Å². The molecule has 3 rings (SSSR count). The molecule has 0 fully saturated rings. The van der Waals surface area contributed by atoms with Crippen LogP contribution in [0.4, 0.5) is 5.69 Å². The van der Waals surface area contributed by atoms with Crippen LogP contribution in [-0.2, 0) is 0 Å². The first-order valence-electron chi connectivity index (χ1n) is 5.63. The van der Waals surface area contributed by atoms with E-state index in [4.69, 9.17) is 4.74 Å². The minimum atomic E-state index is 0.285. The summed E-state index contributed by atoms with van der Waals surface area (Å²) >= 11 is 0. The first-order chi connectivity index (χ1) is 8.33. The molecule has 1 aliphatic heterocycles. The maximum absolute atomic E-state index is 9.26. The topological polar surface area (TPSA) is 41.5 Å². The van der Waals surface area contributed by atoms with Gasteiger partial charge in [0.2, 0.25) is 0 Å². The minimum absolute atomic E-state index is 0.285. The van der Waals surface area contributed by atoms with Gasteiger partial charge >= 0.3 is 0 Å². The van der Waals surface area contributed by atoms with Crippen molar-refractivity contribution in [3.8, 4) is 22.6 Å². The molecule has 1 aliphatic rings. The quantitative estimate of drug-likeness (QED) is 0.787. The molecule has 0 radical (unpaired) electrons. The lowest BCUT2D eigenvalue weighted by atomic mass is 10.0. The van der Waals surface area contributed by atoms with Crippen LogP contribution in [0.5, 0.6) is 11.5 Å². The molecule has 0 bridgehead atoms. The molecule has 0 aliphatic carbocycles. The van der Waals surface area contributed by atoms with Gasteiger partial charge in [0.25, 0.3) is 0 Å². The van der Waals surface area contributed by atoms with E-state index < -0.39 is 0 Å². The van der Waals surface area contributed by atoms with E-state index in [-0.39, 0.29) is 5.75 Å². The van der Waals surface area contributed by atoms with E-state index in [2.05, 4.69) is 11.4 Å². The third kappa shape index (κ3) is 1.91. The molecule has 0 aromatic heterocycles. The Morgan fingerprint density at radius 3 is 2.59 bits per heavy atom. The van der Waals surface area contributed by atoms with Crippen molar-refractivity contribution >= 4 is 5.69 Å². The van der Waals surface area contributed by atoms with Crippen molar-refractivity contribution in [2.75, 3.05) is 18.5 Å². The first-order valence-corrected chi connectivity index (χ1v) is 5.63.